The van der Waals surface area contributed by atoms with E-state index in [0.717, 1.165) is 23.8 Å². The summed E-state index contributed by atoms with van der Waals surface area (Å²) in [6.45, 7) is 2.24. The summed E-state index contributed by atoms with van der Waals surface area (Å²) in [5, 5.41) is 10.4. The standard InChI is InChI=1S/C26H36O/c1-2-6-21-9-11-22(12-10-21)13-14-23-15-17-24(18-16-23)19-20-26(27)25-7-4-3-5-8-25/h3-5,7-12,23-24,26-27H,2,6,13-20H2,1H3/t23-,24-,26?. The van der Waals surface area contributed by atoms with E-state index in [2.05, 4.69) is 31.2 Å². The number of hydrogen-bond acceptors (Lipinski definition) is 1. The van der Waals surface area contributed by atoms with Crippen LogP contribution in [0.3, 0.4) is 0 Å². The van der Waals surface area contributed by atoms with Crippen LogP contribution in [0.1, 0.15) is 81.1 Å². The molecular formula is C26H36O. The minimum atomic E-state index is -0.292. The Hall–Kier alpha value is -1.60. The number of rotatable bonds is 9. The van der Waals surface area contributed by atoms with Crippen LogP contribution in [-0.4, -0.2) is 5.11 Å². The lowest BCUT2D eigenvalue weighted by atomic mass is 9.77. The fraction of sp³-hybridized carbons (Fsp3) is 0.538. The topological polar surface area (TPSA) is 20.2 Å². The fourth-order valence-electron chi connectivity index (χ4n) is 4.58. The second-order valence-corrected chi connectivity index (χ2v) is 8.50. The summed E-state index contributed by atoms with van der Waals surface area (Å²) >= 11 is 0. The van der Waals surface area contributed by atoms with E-state index in [0.29, 0.717) is 0 Å². The number of aryl methyl sites for hydroxylation is 2. The third kappa shape index (κ3) is 6.50. The van der Waals surface area contributed by atoms with Crippen LogP contribution in [0.25, 0.3) is 0 Å². The van der Waals surface area contributed by atoms with Gasteiger partial charge in [0.25, 0.3) is 0 Å². The molecule has 1 N–H and O–H groups in total. The molecule has 2 aromatic rings. The van der Waals surface area contributed by atoms with Crippen LogP contribution < -0.4 is 0 Å². The molecule has 1 nitrogen and oxygen atoms in total. The molecule has 0 radical (unpaired) electrons. The molecule has 0 heterocycles. The lowest BCUT2D eigenvalue weighted by Crippen LogP contribution is -2.16. The quantitative estimate of drug-likeness (QED) is 0.513. The summed E-state index contributed by atoms with van der Waals surface area (Å²) in [5.74, 6) is 1.71. The van der Waals surface area contributed by atoms with Gasteiger partial charge in [-0.3, -0.25) is 0 Å². The summed E-state index contributed by atoms with van der Waals surface area (Å²) in [5.41, 5.74) is 4.04. The summed E-state index contributed by atoms with van der Waals surface area (Å²) in [6, 6.07) is 19.4. The van der Waals surface area contributed by atoms with Crippen molar-refractivity contribution < 1.29 is 5.11 Å². The van der Waals surface area contributed by atoms with Crippen molar-refractivity contribution in [3.8, 4) is 0 Å². The van der Waals surface area contributed by atoms with Crippen molar-refractivity contribution >= 4 is 0 Å². The molecule has 1 aliphatic rings. The molecular weight excluding hydrogens is 328 g/mol. The van der Waals surface area contributed by atoms with Gasteiger partial charge in [0.15, 0.2) is 0 Å². The van der Waals surface area contributed by atoms with E-state index >= 15 is 0 Å². The van der Waals surface area contributed by atoms with Crippen molar-refractivity contribution in [2.24, 2.45) is 11.8 Å². The second-order valence-electron chi connectivity index (χ2n) is 8.50. The second kappa shape index (κ2) is 10.7. The minimum absolute atomic E-state index is 0.292. The van der Waals surface area contributed by atoms with Gasteiger partial charge in [0.05, 0.1) is 6.10 Å². The molecule has 0 spiro atoms. The van der Waals surface area contributed by atoms with Gasteiger partial charge in [-0.05, 0) is 60.6 Å². The summed E-state index contributed by atoms with van der Waals surface area (Å²) < 4.78 is 0. The lowest BCUT2D eigenvalue weighted by molar-refractivity contribution is 0.146. The van der Waals surface area contributed by atoms with Gasteiger partial charge in [-0.1, -0.05) is 93.6 Å². The Morgan fingerprint density at radius 3 is 1.93 bits per heavy atom. The van der Waals surface area contributed by atoms with Crippen LogP contribution in [0.4, 0.5) is 0 Å². The first-order valence-electron chi connectivity index (χ1n) is 11.1. The van der Waals surface area contributed by atoms with E-state index < -0.39 is 0 Å². The summed E-state index contributed by atoms with van der Waals surface area (Å²) in [4.78, 5) is 0. The lowest BCUT2D eigenvalue weighted by Gasteiger charge is -2.29. The van der Waals surface area contributed by atoms with Crippen LogP contribution in [0.2, 0.25) is 0 Å². The molecule has 0 aliphatic heterocycles. The molecule has 1 fully saturated rings. The highest BCUT2D eigenvalue weighted by atomic mass is 16.3. The van der Waals surface area contributed by atoms with E-state index in [1.807, 2.05) is 30.3 Å². The number of aliphatic hydroxyl groups excluding tert-OH is 1. The van der Waals surface area contributed by atoms with Crippen molar-refractivity contribution in [3.05, 3.63) is 71.3 Å². The van der Waals surface area contributed by atoms with Crippen molar-refractivity contribution in [1.82, 2.24) is 0 Å². The van der Waals surface area contributed by atoms with Crippen LogP contribution in [-0.2, 0) is 12.8 Å². The zero-order valence-electron chi connectivity index (χ0n) is 16.9. The fourth-order valence-corrected chi connectivity index (χ4v) is 4.58. The van der Waals surface area contributed by atoms with Gasteiger partial charge in [-0.25, -0.2) is 0 Å². The van der Waals surface area contributed by atoms with E-state index in [1.165, 1.54) is 68.9 Å². The van der Waals surface area contributed by atoms with E-state index in [4.69, 9.17) is 0 Å². The first kappa shape index (κ1) is 20.1. The molecule has 2 aromatic carbocycles. The molecule has 1 unspecified atom stereocenters. The van der Waals surface area contributed by atoms with E-state index in [-0.39, 0.29) is 6.10 Å². The molecule has 146 valence electrons. The van der Waals surface area contributed by atoms with Crippen LogP contribution >= 0.6 is 0 Å². The highest BCUT2D eigenvalue weighted by Gasteiger charge is 2.22. The predicted molar refractivity (Wildman–Crippen MR) is 115 cm³/mol. The first-order valence-corrected chi connectivity index (χ1v) is 11.1. The third-order valence-electron chi connectivity index (χ3n) is 6.40. The summed E-state index contributed by atoms with van der Waals surface area (Å²) in [6.07, 6.45) is 12.2. The van der Waals surface area contributed by atoms with Crippen molar-refractivity contribution in [2.45, 2.75) is 77.2 Å². The van der Waals surface area contributed by atoms with Crippen molar-refractivity contribution in [2.75, 3.05) is 0 Å². The molecule has 0 bridgehead atoms. The molecule has 0 aromatic heterocycles. The average molecular weight is 365 g/mol. The first-order chi connectivity index (χ1) is 13.2. The average Bonchev–Trinajstić information content (AvgIpc) is 2.73. The Morgan fingerprint density at radius 1 is 0.778 bits per heavy atom. The van der Waals surface area contributed by atoms with Gasteiger partial charge in [-0.15, -0.1) is 0 Å². The van der Waals surface area contributed by atoms with Crippen LogP contribution in [0.15, 0.2) is 54.6 Å². The molecule has 0 saturated heterocycles. The number of benzene rings is 2. The maximum absolute atomic E-state index is 10.4. The molecule has 1 aliphatic carbocycles. The maximum atomic E-state index is 10.4. The SMILES string of the molecule is CCCc1ccc(CC[C@H]2CC[C@H](CCC(O)c3ccccc3)CC2)cc1. The molecule has 1 heteroatoms. The summed E-state index contributed by atoms with van der Waals surface area (Å²) in [7, 11) is 0. The minimum Gasteiger partial charge on any atom is -0.388 e. The molecule has 3 rings (SSSR count). The Labute approximate surface area is 165 Å². The van der Waals surface area contributed by atoms with Gasteiger partial charge >= 0.3 is 0 Å². The highest BCUT2D eigenvalue weighted by Crippen LogP contribution is 2.35. The van der Waals surface area contributed by atoms with Gasteiger partial charge in [0, 0.05) is 0 Å². The van der Waals surface area contributed by atoms with Crippen LogP contribution in [0, 0.1) is 11.8 Å². The smallest absolute Gasteiger partial charge is 0.0790 e. The number of aliphatic hydroxyl groups is 1. The Balaban J connectivity index is 1.34. The van der Waals surface area contributed by atoms with Gasteiger partial charge in [0.1, 0.15) is 0 Å². The van der Waals surface area contributed by atoms with Gasteiger partial charge in [-0.2, -0.15) is 0 Å². The highest BCUT2D eigenvalue weighted by molar-refractivity contribution is 5.22. The van der Waals surface area contributed by atoms with Crippen molar-refractivity contribution in [1.29, 1.82) is 0 Å². The zero-order valence-corrected chi connectivity index (χ0v) is 16.9. The third-order valence-corrected chi connectivity index (χ3v) is 6.40. The largest absolute Gasteiger partial charge is 0.388 e. The van der Waals surface area contributed by atoms with E-state index in [9.17, 15) is 5.11 Å². The van der Waals surface area contributed by atoms with Crippen molar-refractivity contribution in [3.63, 3.8) is 0 Å². The predicted octanol–water partition coefficient (Wildman–Crippen LogP) is 6.89. The van der Waals surface area contributed by atoms with Crippen LogP contribution in [0.5, 0.6) is 0 Å². The molecule has 27 heavy (non-hydrogen) atoms. The Bertz CT molecular complexity index is 638. The molecule has 1 saturated carbocycles. The number of hydrogen-bond donors (Lipinski definition) is 1. The monoisotopic (exact) mass is 364 g/mol. The normalized spacial score (nSPS) is 21.1. The molecule has 0 amide bonds. The van der Waals surface area contributed by atoms with E-state index in [1.54, 1.807) is 0 Å². The maximum Gasteiger partial charge on any atom is 0.0790 e. The Morgan fingerprint density at radius 2 is 1.33 bits per heavy atom. The molecule has 1 atom stereocenters. The Kier molecular flexibility index (Phi) is 7.95. The van der Waals surface area contributed by atoms with Gasteiger partial charge < -0.3 is 5.11 Å². The van der Waals surface area contributed by atoms with Gasteiger partial charge in [0.2, 0.25) is 0 Å². The zero-order chi connectivity index (χ0) is 18.9.